The zero-order chi connectivity index (χ0) is 14.8. The van der Waals surface area contributed by atoms with Crippen molar-refractivity contribution in [2.75, 3.05) is 10.6 Å². The van der Waals surface area contributed by atoms with Crippen molar-refractivity contribution in [3.8, 4) is 0 Å². The number of fused-ring (bicyclic) bond motifs is 1. The van der Waals surface area contributed by atoms with Gasteiger partial charge in [-0.25, -0.2) is 4.39 Å². The fraction of sp³-hybridized carbons (Fsp3) is 0.188. The molecule has 0 unspecified atom stereocenters. The molecule has 21 heavy (non-hydrogen) atoms. The summed E-state index contributed by atoms with van der Waals surface area (Å²) in [5.41, 5.74) is 3.82. The fourth-order valence-corrected chi connectivity index (χ4v) is 2.76. The van der Waals surface area contributed by atoms with E-state index in [4.69, 9.17) is 0 Å². The molecule has 0 radical (unpaired) electrons. The Kier molecular flexibility index (Phi) is 3.92. The number of halogens is 2. The molecule has 2 N–H and O–H groups in total. The molecule has 0 aliphatic carbocycles. The maximum absolute atomic E-state index is 13.2. The van der Waals surface area contributed by atoms with Gasteiger partial charge in [0.05, 0.1) is 0 Å². The highest BCUT2D eigenvalue weighted by Gasteiger charge is 2.14. The molecule has 0 spiro atoms. The first-order chi connectivity index (χ1) is 10.1. The lowest BCUT2D eigenvalue weighted by Crippen LogP contribution is -2.18. The van der Waals surface area contributed by atoms with Crippen LogP contribution < -0.4 is 10.6 Å². The first-order valence-electron chi connectivity index (χ1n) is 6.72. The molecule has 1 amide bonds. The minimum Gasteiger partial charge on any atom is -0.381 e. The quantitative estimate of drug-likeness (QED) is 0.877. The second-order valence-corrected chi connectivity index (χ2v) is 5.86. The molecule has 0 bridgehead atoms. The molecule has 5 heteroatoms. The van der Waals surface area contributed by atoms with Crippen LogP contribution in [0, 0.1) is 5.82 Å². The van der Waals surface area contributed by atoms with Gasteiger partial charge in [-0.05, 0) is 53.9 Å². The summed E-state index contributed by atoms with van der Waals surface area (Å²) in [7, 11) is 0. The Morgan fingerprint density at radius 1 is 1.19 bits per heavy atom. The van der Waals surface area contributed by atoms with Gasteiger partial charge in [-0.3, -0.25) is 4.79 Å². The number of hydrogen-bond acceptors (Lipinski definition) is 2. The van der Waals surface area contributed by atoms with Crippen LogP contribution in [-0.4, -0.2) is 5.91 Å². The molecule has 3 rings (SSSR count). The van der Waals surface area contributed by atoms with Crippen LogP contribution in [0.5, 0.6) is 0 Å². The van der Waals surface area contributed by atoms with Crippen molar-refractivity contribution in [3.05, 3.63) is 57.8 Å². The smallest absolute Gasteiger partial charge is 0.224 e. The minimum atomic E-state index is -0.247. The number of rotatable bonds is 3. The predicted octanol–water partition coefficient (Wildman–Crippen LogP) is 4.09. The third-order valence-corrected chi connectivity index (χ3v) is 4.27. The third kappa shape index (κ3) is 3.24. The van der Waals surface area contributed by atoms with Gasteiger partial charge >= 0.3 is 0 Å². The summed E-state index contributed by atoms with van der Waals surface area (Å²) in [4.78, 5) is 11.3. The summed E-state index contributed by atoms with van der Waals surface area (Å²) in [6.45, 7) is 0.531. The normalized spacial score (nSPS) is 13.5. The van der Waals surface area contributed by atoms with E-state index in [-0.39, 0.29) is 11.7 Å². The molecular weight excluding hydrogens is 335 g/mol. The Morgan fingerprint density at radius 2 is 2.05 bits per heavy atom. The van der Waals surface area contributed by atoms with E-state index in [0.29, 0.717) is 13.0 Å². The van der Waals surface area contributed by atoms with Crippen LogP contribution in [-0.2, 0) is 17.8 Å². The summed E-state index contributed by atoms with van der Waals surface area (Å²) < 4.78 is 14.1. The highest BCUT2D eigenvalue weighted by atomic mass is 79.9. The Hall–Kier alpha value is -1.88. The number of amides is 1. The topological polar surface area (TPSA) is 41.1 Å². The van der Waals surface area contributed by atoms with Gasteiger partial charge in [-0.15, -0.1) is 0 Å². The molecule has 0 aromatic heterocycles. The Morgan fingerprint density at radius 3 is 2.90 bits per heavy atom. The number of hydrogen-bond donors (Lipinski definition) is 2. The fourth-order valence-electron chi connectivity index (χ4n) is 2.37. The maximum atomic E-state index is 13.2. The van der Waals surface area contributed by atoms with Crippen LogP contribution in [0.1, 0.15) is 17.5 Å². The van der Waals surface area contributed by atoms with Gasteiger partial charge < -0.3 is 10.6 Å². The Labute approximate surface area is 130 Å². The van der Waals surface area contributed by atoms with Crippen LogP contribution in [0.4, 0.5) is 15.8 Å². The zero-order valence-electron chi connectivity index (χ0n) is 11.2. The molecule has 1 heterocycles. The SMILES string of the molecule is O=C1CCc2cc(NCc3cc(F)ccc3Br)ccc2N1. The van der Waals surface area contributed by atoms with Crippen LogP contribution in [0.2, 0.25) is 0 Å². The van der Waals surface area contributed by atoms with Crippen molar-refractivity contribution < 1.29 is 9.18 Å². The van der Waals surface area contributed by atoms with E-state index in [2.05, 4.69) is 26.6 Å². The summed E-state index contributed by atoms with van der Waals surface area (Å²) >= 11 is 3.42. The summed E-state index contributed by atoms with van der Waals surface area (Å²) in [5.74, 6) is -0.185. The van der Waals surface area contributed by atoms with Crippen molar-refractivity contribution in [2.24, 2.45) is 0 Å². The van der Waals surface area contributed by atoms with Gasteiger partial charge in [0.1, 0.15) is 5.82 Å². The summed E-state index contributed by atoms with van der Waals surface area (Å²) in [6, 6.07) is 10.5. The lowest BCUT2D eigenvalue weighted by atomic mass is 10.0. The lowest BCUT2D eigenvalue weighted by molar-refractivity contribution is -0.116. The molecule has 3 nitrogen and oxygen atoms in total. The van der Waals surface area contributed by atoms with Gasteiger partial charge in [-0.1, -0.05) is 15.9 Å². The first kappa shape index (κ1) is 14.1. The zero-order valence-corrected chi connectivity index (χ0v) is 12.8. The van der Waals surface area contributed by atoms with Crippen molar-refractivity contribution in [3.63, 3.8) is 0 Å². The standard InChI is InChI=1S/C16H14BrFN2O/c17-14-4-2-12(18)7-11(14)9-19-13-3-5-15-10(8-13)1-6-16(21)20-15/h2-5,7-8,19H,1,6,9H2,(H,20,21). The molecule has 1 aliphatic rings. The maximum Gasteiger partial charge on any atom is 0.224 e. The van der Waals surface area contributed by atoms with E-state index >= 15 is 0 Å². The van der Waals surface area contributed by atoms with Gasteiger partial charge in [0.2, 0.25) is 5.91 Å². The van der Waals surface area contributed by atoms with Crippen LogP contribution >= 0.6 is 15.9 Å². The van der Waals surface area contributed by atoms with Crippen molar-refractivity contribution >= 4 is 33.2 Å². The van der Waals surface area contributed by atoms with Crippen molar-refractivity contribution in [1.82, 2.24) is 0 Å². The first-order valence-corrected chi connectivity index (χ1v) is 7.52. The molecule has 0 saturated heterocycles. The van der Waals surface area contributed by atoms with E-state index in [1.54, 1.807) is 6.07 Å². The lowest BCUT2D eigenvalue weighted by Gasteiger charge is -2.18. The summed E-state index contributed by atoms with van der Waals surface area (Å²) in [5, 5.41) is 6.13. The van der Waals surface area contributed by atoms with Crippen LogP contribution in [0.3, 0.4) is 0 Å². The number of anilines is 2. The molecule has 0 atom stereocenters. The van der Waals surface area contributed by atoms with Crippen molar-refractivity contribution in [1.29, 1.82) is 0 Å². The molecular formula is C16H14BrFN2O. The second-order valence-electron chi connectivity index (χ2n) is 5.01. The Bertz CT molecular complexity index is 703. The van der Waals surface area contributed by atoms with E-state index in [1.165, 1.54) is 12.1 Å². The average molecular weight is 349 g/mol. The van der Waals surface area contributed by atoms with E-state index in [9.17, 15) is 9.18 Å². The average Bonchev–Trinajstić information content (AvgIpc) is 2.48. The predicted molar refractivity (Wildman–Crippen MR) is 84.8 cm³/mol. The van der Waals surface area contributed by atoms with Crippen LogP contribution in [0.25, 0.3) is 0 Å². The van der Waals surface area contributed by atoms with E-state index < -0.39 is 0 Å². The number of benzene rings is 2. The minimum absolute atomic E-state index is 0.0619. The highest BCUT2D eigenvalue weighted by molar-refractivity contribution is 9.10. The monoisotopic (exact) mass is 348 g/mol. The van der Waals surface area contributed by atoms with Gasteiger partial charge in [0.15, 0.2) is 0 Å². The van der Waals surface area contributed by atoms with Crippen LogP contribution in [0.15, 0.2) is 40.9 Å². The molecule has 1 aliphatic heterocycles. The molecule has 0 fully saturated rings. The number of aryl methyl sites for hydroxylation is 1. The van der Waals surface area contributed by atoms with Gasteiger partial charge in [0.25, 0.3) is 0 Å². The number of nitrogens with one attached hydrogen (secondary N) is 2. The Balaban J connectivity index is 1.74. The largest absolute Gasteiger partial charge is 0.381 e. The van der Waals surface area contributed by atoms with E-state index in [1.807, 2.05) is 18.2 Å². The molecule has 2 aromatic carbocycles. The molecule has 0 saturated carbocycles. The highest BCUT2D eigenvalue weighted by Crippen LogP contribution is 2.26. The second kappa shape index (κ2) is 5.85. The third-order valence-electron chi connectivity index (χ3n) is 3.49. The van der Waals surface area contributed by atoms with Crippen molar-refractivity contribution in [2.45, 2.75) is 19.4 Å². The van der Waals surface area contributed by atoms with Gasteiger partial charge in [0, 0.05) is 28.8 Å². The number of carbonyl (C=O) groups is 1. The molecule has 2 aromatic rings. The number of carbonyl (C=O) groups excluding carboxylic acids is 1. The molecule has 108 valence electrons. The van der Waals surface area contributed by atoms with E-state index in [0.717, 1.165) is 33.4 Å². The van der Waals surface area contributed by atoms with Gasteiger partial charge in [-0.2, -0.15) is 0 Å². The summed E-state index contributed by atoms with van der Waals surface area (Å²) in [6.07, 6.45) is 1.27.